The van der Waals surface area contributed by atoms with Crippen molar-refractivity contribution in [3.05, 3.63) is 71.0 Å². The molecule has 2 aromatic carbocycles. The van der Waals surface area contributed by atoms with E-state index < -0.39 is 23.4 Å². The Hall–Kier alpha value is -3.13. The first-order valence-electron chi connectivity index (χ1n) is 7.51. The average Bonchev–Trinajstić information content (AvgIpc) is 3.26. The van der Waals surface area contributed by atoms with Crippen LogP contribution in [0.3, 0.4) is 0 Å². The highest BCUT2D eigenvalue weighted by Crippen LogP contribution is 2.27. The maximum atomic E-state index is 13.2. The number of thiazole rings is 1. The highest BCUT2D eigenvalue weighted by Gasteiger charge is 2.16. The van der Waals surface area contributed by atoms with E-state index >= 15 is 0 Å². The van der Waals surface area contributed by atoms with Crippen LogP contribution in [0, 0.1) is 17.5 Å². The highest BCUT2D eigenvalue weighted by molar-refractivity contribution is 7.13. The molecule has 8 heteroatoms. The fraction of sp³-hybridized carbons (Fsp3) is 0. The van der Waals surface area contributed by atoms with Crippen molar-refractivity contribution in [2.75, 3.05) is 5.32 Å². The van der Waals surface area contributed by atoms with Gasteiger partial charge in [0, 0.05) is 34.1 Å². The molecule has 0 aliphatic carbocycles. The van der Waals surface area contributed by atoms with E-state index in [9.17, 15) is 18.0 Å². The van der Waals surface area contributed by atoms with E-state index in [0.29, 0.717) is 17.1 Å². The van der Waals surface area contributed by atoms with E-state index in [0.717, 1.165) is 16.6 Å². The molecule has 4 rings (SSSR count). The lowest BCUT2D eigenvalue weighted by Gasteiger charge is -2.04. The molecule has 4 aromatic rings. The van der Waals surface area contributed by atoms with Gasteiger partial charge in [-0.25, -0.2) is 18.2 Å². The Morgan fingerprint density at radius 3 is 2.54 bits per heavy atom. The smallest absolute Gasteiger partial charge is 0.275 e. The number of amides is 1. The van der Waals surface area contributed by atoms with Crippen LogP contribution in [0.1, 0.15) is 10.5 Å². The van der Waals surface area contributed by atoms with E-state index in [2.05, 4.69) is 15.3 Å². The number of aromatic nitrogens is 2. The van der Waals surface area contributed by atoms with E-state index in [1.807, 2.05) is 30.3 Å². The number of anilines is 1. The van der Waals surface area contributed by atoms with Crippen LogP contribution in [0.4, 0.5) is 18.9 Å². The molecular weight excluding hydrogens is 363 g/mol. The van der Waals surface area contributed by atoms with Gasteiger partial charge in [-0.2, -0.15) is 0 Å². The van der Waals surface area contributed by atoms with Crippen LogP contribution in [0.2, 0.25) is 0 Å². The number of hydrogen-bond acceptors (Lipinski definition) is 3. The Balaban J connectivity index is 1.58. The van der Waals surface area contributed by atoms with Gasteiger partial charge in [-0.05, 0) is 12.1 Å². The number of aromatic amines is 1. The van der Waals surface area contributed by atoms with Crippen LogP contribution in [0.5, 0.6) is 0 Å². The summed E-state index contributed by atoms with van der Waals surface area (Å²) in [5, 5.41) is 5.46. The molecule has 26 heavy (non-hydrogen) atoms. The molecular formula is C18H10F3N3OS. The molecule has 2 aromatic heterocycles. The van der Waals surface area contributed by atoms with Crippen molar-refractivity contribution in [2.24, 2.45) is 0 Å². The Morgan fingerprint density at radius 1 is 1.08 bits per heavy atom. The first kappa shape index (κ1) is 16.3. The van der Waals surface area contributed by atoms with Gasteiger partial charge in [0.05, 0.1) is 5.69 Å². The third kappa shape index (κ3) is 2.95. The van der Waals surface area contributed by atoms with E-state index in [-0.39, 0.29) is 11.4 Å². The third-order valence-corrected chi connectivity index (χ3v) is 4.61. The molecule has 0 aliphatic rings. The second-order valence-corrected chi connectivity index (χ2v) is 6.37. The molecule has 0 saturated carbocycles. The summed E-state index contributed by atoms with van der Waals surface area (Å²) in [4.78, 5) is 19.7. The maximum Gasteiger partial charge on any atom is 0.275 e. The Morgan fingerprint density at radius 2 is 1.81 bits per heavy atom. The summed E-state index contributed by atoms with van der Waals surface area (Å²) in [6.07, 6.45) is 0. The predicted molar refractivity (Wildman–Crippen MR) is 93.7 cm³/mol. The third-order valence-electron chi connectivity index (χ3n) is 3.74. The van der Waals surface area contributed by atoms with Crippen LogP contribution in [-0.4, -0.2) is 15.9 Å². The number of H-pyrrole nitrogens is 1. The van der Waals surface area contributed by atoms with Crippen LogP contribution in [-0.2, 0) is 0 Å². The summed E-state index contributed by atoms with van der Waals surface area (Å²) >= 11 is 1.25. The molecule has 0 fully saturated rings. The molecule has 130 valence electrons. The molecule has 0 bridgehead atoms. The predicted octanol–water partition coefficient (Wildman–Crippen LogP) is 4.96. The van der Waals surface area contributed by atoms with Crippen LogP contribution >= 0.6 is 11.3 Å². The number of fused-ring (bicyclic) bond motifs is 1. The molecule has 0 spiro atoms. The van der Waals surface area contributed by atoms with Crippen molar-refractivity contribution in [1.82, 2.24) is 9.97 Å². The SMILES string of the molecule is O=C(Nc1cc(F)c(F)c(F)c1)c1csc(-c2cc3ccccc3[nH]2)n1. The summed E-state index contributed by atoms with van der Waals surface area (Å²) in [5.41, 5.74) is 1.61. The van der Waals surface area contributed by atoms with E-state index in [1.54, 1.807) is 0 Å². The van der Waals surface area contributed by atoms with Crippen molar-refractivity contribution in [3.63, 3.8) is 0 Å². The van der Waals surface area contributed by atoms with Gasteiger partial charge < -0.3 is 10.3 Å². The van der Waals surface area contributed by atoms with Gasteiger partial charge in [-0.1, -0.05) is 18.2 Å². The number of benzene rings is 2. The summed E-state index contributed by atoms with van der Waals surface area (Å²) in [6.45, 7) is 0. The first-order valence-corrected chi connectivity index (χ1v) is 8.39. The van der Waals surface area contributed by atoms with Gasteiger partial charge in [0.15, 0.2) is 17.5 Å². The lowest BCUT2D eigenvalue weighted by molar-refractivity contribution is 0.102. The molecule has 0 atom stereocenters. The number of carbonyl (C=O) groups is 1. The van der Waals surface area contributed by atoms with Crippen molar-refractivity contribution >= 4 is 33.8 Å². The molecule has 0 radical (unpaired) electrons. The number of para-hydroxylation sites is 1. The molecule has 0 aliphatic heterocycles. The van der Waals surface area contributed by atoms with Crippen molar-refractivity contribution in [1.29, 1.82) is 0 Å². The van der Waals surface area contributed by atoms with Crippen molar-refractivity contribution in [3.8, 4) is 10.7 Å². The molecule has 0 unspecified atom stereocenters. The Labute approximate surface area is 149 Å². The number of nitrogens with zero attached hydrogens (tertiary/aromatic N) is 1. The van der Waals surface area contributed by atoms with Gasteiger partial charge in [0.2, 0.25) is 0 Å². The van der Waals surface area contributed by atoms with Crippen LogP contribution in [0.25, 0.3) is 21.6 Å². The second-order valence-electron chi connectivity index (χ2n) is 5.52. The van der Waals surface area contributed by atoms with Crippen LogP contribution in [0.15, 0.2) is 47.8 Å². The zero-order chi connectivity index (χ0) is 18.3. The van der Waals surface area contributed by atoms with E-state index in [4.69, 9.17) is 0 Å². The van der Waals surface area contributed by atoms with Crippen LogP contribution < -0.4 is 5.32 Å². The fourth-order valence-corrected chi connectivity index (χ4v) is 3.28. The molecule has 0 saturated heterocycles. The normalized spacial score (nSPS) is 11.0. The Bertz CT molecular complexity index is 1080. The number of halogens is 3. The number of nitrogens with one attached hydrogen (secondary N) is 2. The lowest BCUT2D eigenvalue weighted by Crippen LogP contribution is -2.13. The minimum atomic E-state index is -1.59. The zero-order valence-electron chi connectivity index (χ0n) is 13.0. The second kappa shape index (κ2) is 6.30. The molecule has 4 nitrogen and oxygen atoms in total. The lowest BCUT2D eigenvalue weighted by atomic mass is 10.2. The quantitative estimate of drug-likeness (QED) is 0.499. The van der Waals surface area contributed by atoms with Gasteiger partial charge >= 0.3 is 0 Å². The largest absolute Gasteiger partial charge is 0.353 e. The number of rotatable bonds is 3. The first-order chi connectivity index (χ1) is 12.5. The van der Waals surface area contributed by atoms with E-state index in [1.165, 1.54) is 16.7 Å². The molecule has 2 N–H and O–H groups in total. The summed E-state index contributed by atoms with van der Waals surface area (Å²) in [7, 11) is 0. The minimum absolute atomic E-state index is 0.0915. The summed E-state index contributed by atoms with van der Waals surface area (Å²) < 4.78 is 39.4. The minimum Gasteiger partial charge on any atom is -0.353 e. The monoisotopic (exact) mass is 373 g/mol. The topological polar surface area (TPSA) is 57.8 Å². The number of carbonyl (C=O) groups excluding carboxylic acids is 1. The Kier molecular flexibility index (Phi) is 3.96. The van der Waals surface area contributed by atoms with Gasteiger partial charge in [-0.15, -0.1) is 11.3 Å². The van der Waals surface area contributed by atoms with Crippen molar-refractivity contribution < 1.29 is 18.0 Å². The molecule has 1 amide bonds. The molecule has 2 heterocycles. The van der Waals surface area contributed by atoms with Crippen molar-refractivity contribution in [2.45, 2.75) is 0 Å². The summed E-state index contributed by atoms with van der Waals surface area (Å²) in [5.74, 6) is -4.98. The maximum absolute atomic E-state index is 13.2. The standard InChI is InChI=1S/C18H10F3N3OS/c19-11-6-10(7-12(20)16(11)21)22-17(25)15-8-26-18(24-15)14-5-9-3-1-2-4-13(9)23-14/h1-8,23H,(H,22,25). The van der Waals surface area contributed by atoms with Gasteiger partial charge in [-0.3, -0.25) is 4.79 Å². The van der Waals surface area contributed by atoms with Gasteiger partial charge in [0.1, 0.15) is 10.7 Å². The highest BCUT2D eigenvalue weighted by atomic mass is 32.1. The fourth-order valence-electron chi connectivity index (χ4n) is 2.51. The van der Waals surface area contributed by atoms with Gasteiger partial charge in [0.25, 0.3) is 5.91 Å². The average molecular weight is 373 g/mol. The summed E-state index contributed by atoms with van der Waals surface area (Å²) in [6, 6.07) is 11.0. The zero-order valence-corrected chi connectivity index (χ0v) is 13.8. The number of hydrogen-bond donors (Lipinski definition) is 2.